The Labute approximate surface area is 200 Å². The van der Waals surface area contributed by atoms with Gasteiger partial charge in [0.2, 0.25) is 0 Å². The standard InChI is InChI=1S/C27H27N5S/c1-18-12-14-29-24(15-18)32-19(2)16-22(20(32)3)26-25(23-11-7-8-13-28-23)30-27(33)31(26)17-21-9-5-4-6-10-21/h4-16,25-26H,17H2,1-3H3,(H,30,33)/t25-,26+/m0/s1. The number of hydrogen-bond acceptors (Lipinski definition) is 3. The van der Waals surface area contributed by atoms with Gasteiger partial charge in [0.1, 0.15) is 5.82 Å². The van der Waals surface area contributed by atoms with Crippen molar-refractivity contribution in [3.05, 3.63) is 113 Å². The molecule has 4 aromatic rings. The number of thiocarbonyl (C=S) groups is 1. The summed E-state index contributed by atoms with van der Waals surface area (Å²) in [5.41, 5.74) is 6.95. The molecular weight excluding hydrogens is 426 g/mol. The molecule has 0 radical (unpaired) electrons. The van der Waals surface area contributed by atoms with E-state index in [0.717, 1.165) is 28.9 Å². The van der Waals surface area contributed by atoms with Gasteiger partial charge >= 0.3 is 0 Å². The highest BCUT2D eigenvalue weighted by Gasteiger charge is 2.41. The van der Waals surface area contributed by atoms with Crippen LogP contribution in [0.2, 0.25) is 0 Å². The number of pyridine rings is 2. The van der Waals surface area contributed by atoms with Gasteiger partial charge in [0, 0.05) is 30.3 Å². The highest BCUT2D eigenvalue weighted by atomic mass is 32.1. The van der Waals surface area contributed by atoms with Crippen LogP contribution in [0.4, 0.5) is 0 Å². The molecule has 3 aromatic heterocycles. The molecule has 5 rings (SSSR count). The van der Waals surface area contributed by atoms with Gasteiger partial charge in [-0.15, -0.1) is 0 Å². The van der Waals surface area contributed by atoms with Crippen molar-refractivity contribution in [3.63, 3.8) is 0 Å². The van der Waals surface area contributed by atoms with E-state index in [1.165, 1.54) is 22.4 Å². The fourth-order valence-electron chi connectivity index (χ4n) is 4.78. The predicted octanol–water partition coefficient (Wildman–Crippen LogP) is 5.37. The lowest BCUT2D eigenvalue weighted by atomic mass is 9.96. The van der Waals surface area contributed by atoms with Crippen LogP contribution < -0.4 is 5.32 Å². The number of nitrogens with zero attached hydrogens (tertiary/aromatic N) is 4. The Balaban J connectivity index is 1.62. The Hall–Kier alpha value is -3.51. The highest BCUT2D eigenvalue weighted by Crippen LogP contribution is 2.42. The number of hydrogen-bond donors (Lipinski definition) is 1. The van der Waals surface area contributed by atoms with Crippen LogP contribution in [0, 0.1) is 20.8 Å². The van der Waals surface area contributed by atoms with E-state index < -0.39 is 0 Å². The summed E-state index contributed by atoms with van der Waals surface area (Å²) in [6.45, 7) is 7.13. The van der Waals surface area contributed by atoms with Crippen molar-refractivity contribution < 1.29 is 0 Å². The molecule has 1 saturated heterocycles. The number of aromatic nitrogens is 3. The molecule has 5 nitrogen and oxygen atoms in total. The maximum Gasteiger partial charge on any atom is 0.170 e. The lowest BCUT2D eigenvalue weighted by molar-refractivity contribution is 0.310. The van der Waals surface area contributed by atoms with Gasteiger partial charge in [0.05, 0.1) is 17.8 Å². The van der Waals surface area contributed by atoms with Crippen LogP contribution in [0.3, 0.4) is 0 Å². The summed E-state index contributed by atoms with van der Waals surface area (Å²) >= 11 is 5.86. The first-order valence-electron chi connectivity index (χ1n) is 11.2. The fraction of sp³-hybridized carbons (Fsp3) is 0.222. The Bertz CT molecular complexity index is 1280. The van der Waals surface area contributed by atoms with Crippen LogP contribution in [-0.4, -0.2) is 24.5 Å². The third kappa shape index (κ3) is 4.02. The summed E-state index contributed by atoms with van der Waals surface area (Å²) in [7, 11) is 0. The monoisotopic (exact) mass is 453 g/mol. The first-order valence-corrected chi connectivity index (χ1v) is 11.6. The van der Waals surface area contributed by atoms with Gasteiger partial charge in [-0.1, -0.05) is 36.4 Å². The maximum atomic E-state index is 5.86. The summed E-state index contributed by atoms with van der Waals surface area (Å²) in [5, 5.41) is 4.31. The van der Waals surface area contributed by atoms with Crippen LogP contribution in [0.1, 0.15) is 45.9 Å². The quantitative estimate of drug-likeness (QED) is 0.412. The molecule has 166 valence electrons. The molecule has 0 spiro atoms. The predicted molar refractivity (Wildman–Crippen MR) is 135 cm³/mol. The Morgan fingerprint density at radius 3 is 2.42 bits per heavy atom. The largest absolute Gasteiger partial charge is 0.352 e. The molecular formula is C27H27N5S. The van der Waals surface area contributed by atoms with Crippen LogP contribution >= 0.6 is 12.2 Å². The Morgan fingerprint density at radius 2 is 1.70 bits per heavy atom. The number of aryl methyl sites for hydroxylation is 2. The zero-order valence-corrected chi connectivity index (χ0v) is 19.9. The third-order valence-electron chi connectivity index (χ3n) is 6.31. The molecule has 33 heavy (non-hydrogen) atoms. The smallest absolute Gasteiger partial charge is 0.170 e. The van der Waals surface area contributed by atoms with Gasteiger partial charge in [0.15, 0.2) is 5.11 Å². The van der Waals surface area contributed by atoms with E-state index in [4.69, 9.17) is 12.2 Å². The molecule has 0 bridgehead atoms. The van der Waals surface area contributed by atoms with E-state index in [0.29, 0.717) is 0 Å². The van der Waals surface area contributed by atoms with Crippen molar-refractivity contribution in [3.8, 4) is 5.82 Å². The zero-order valence-electron chi connectivity index (χ0n) is 19.1. The van der Waals surface area contributed by atoms with E-state index in [1.807, 2.05) is 36.7 Å². The molecule has 1 N–H and O–H groups in total. The van der Waals surface area contributed by atoms with Crippen LogP contribution in [0.5, 0.6) is 0 Å². The lowest BCUT2D eigenvalue weighted by Gasteiger charge is -2.28. The fourth-order valence-corrected chi connectivity index (χ4v) is 5.08. The van der Waals surface area contributed by atoms with Crippen molar-refractivity contribution in [2.24, 2.45) is 0 Å². The van der Waals surface area contributed by atoms with Crippen molar-refractivity contribution in [1.82, 2.24) is 24.8 Å². The highest BCUT2D eigenvalue weighted by molar-refractivity contribution is 7.80. The van der Waals surface area contributed by atoms with Gasteiger partial charge in [0.25, 0.3) is 0 Å². The van der Waals surface area contributed by atoms with Crippen LogP contribution in [0.25, 0.3) is 5.82 Å². The summed E-state index contributed by atoms with van der Waals surface area (Å²) in [6.07, 6.45) is 3.71. The van der Waals surface area contributed by atoms with Crippen molar-refractivity contribution >= 4 is 17.3 Å². The van der Waals surface area contributed by atoms with Crippen molar-refractivity contribution in [1.29, 1.82) is 0 Å². The molecule has 1 aromatic carbocycles. The van der Waals surface area contributed by atoms with E-state index in [9.17, 15) is 0 Å². The molecule has 0 saturated carbocycles. The van der Waals surface area contributed by atoms with Gasteiger partial charge < -0.3 is 14.8 Å². The first-order chi connectivity index (χ1) is 16.0. The van der Waals surface area contributed by atoms with Gasteiger partial charge in [-0.25, -0.2) is 4.98 Å². The second-order valence-electron chi connectivity index (χ2n) is 8.59. The number of benzene rings is 1. The third-order valence-corrected chi connectivity index (χ3v) is 6.66. The normalized spacial score (nSPS) is 17.9. The molecule has 0 unspecified atom stereocenters. The molecule has 1 aliphatic heterocycles. The number of rotatable bonds is 5. The minimum absolute atomic E-state index is 0.0114. The Kier molecular flexibility index (Phi) is 5.68. The van der Waals surface area contributed by atoms with Crippen molar-refractivity contribution in [2.75, 3.05) is 0 Å². The number of nitrogens with one attached hydrogen (secondary N) is 1. The average Bonchev–Trinajstić information content (AvgIpc) is 3.30. The second-order valence-corrected chi connectivity index (χ2v) is 8.98. The van der Waals surface area contributed by atoms with Crippen LogP contribution in [-0.2, 0) is 6.54 Å². The van der Waals surface area contributed by atoms with E-state index in [-0.39, 0.29) is 12.1 Å². The van der Waals surface area contributed by atoms with E-state index in [1.54, 1.807) is 0 Å². The summed E-state index contributed by atoms with van der Waals surface area (Å²) in [4.78, 5) is 11.6. The maximum absolute atomic E-state index is 5.86. The second kappa shape index (κ2) is 8.79. The summed E-state index contributed by atoms with van der Waals surface area (Å²) in [5.74, 6) is 0.939. The summed E-state index contributed by atoms with van der Waals surface area (Å²) in [6, 6.07) is 22.9. The molecule has 1 fully saturated rings. The van der Waals surface area contributed by atoms with Gasteiger partial charge in [-0.05, 0) is 80.0 Å². The van der Waals surface area contributed by atoms with Gasteiger partial charge in [-0.3, -0.25) is 4.98 Å². The molecule has 0 aliphatic carbocycles. The van der Waals surface area contributed by atoms with Gasteiger partial charge in [-0.2, -0.15) is 0 Å². The molecule has 2 atom stereocenters. The minimum Gasteiger partial charge on any atom is -0.352 e. The van der Waals surface area contributed by atoms with Crippen molar-refractivity contribution in [2.45, 2.75) is 39.4 Å². The molecule has 6 heteroatoms. The topological polar surface area (TPSA) is 46.0 Å². The van der Waals surface area contributed by atoms with E-state index in [2.05, 4.69) is 88.0 Å². The Morgan fingerprint density at radius 1 is 0.909 bits per heavy atom. The summed E-state index contributed by atoms with van der Waals surface area (Å²) < 4.78 is 2.24. The minimum atomic E-state index is -0.0400. The van der Waals surface area contributed by atoms with E-state index >= 15 is 0 Å². The molecule has 1 aliphatic rings. The average molecular weight is 454 g/mol. The lowest BCUT2D eigenvalue weighted by Crippen LogP contribution is -2.29. The zero-order chi connectivity index (χ0) is 22.9. The first kappa shape index (κ1) is 21.3. The molecule has 0 amide bonds. The molecule has 4 heterocycles. The van der Waals surface area contributed by atoms with Crippen LogP contribution in [0.15, 0.2) is 79.1 Å². The SMILES string of the molecule is Cc1ccnc(-n2c(C)cc([C@@H]3[C@H](c4ccccn4)NC(=S)N3Cc3ccccc3)c2C)c1.